The van der Waals surface area contributed by atoms with Gasteiger partial charge in [0.2, 0.25) is 0 Å². The van der Waals surface area contributed by atoms with Gasteiger partial charge in [0.15, 0.2) is 17.8 Å². The Balaban J connectivity index is 1.97. The normalized spacial score (nSPS) is 31.4. The molecule has 0 amide bonds. The molecule has 0 aliphatic carbocycles. The lowest BCUT2D eigenvalue weighted by molar-refractivity contribution is -0.306. The highest BCUT2D eigenvalue weighted by atomic mass is 16.7. The largest absolute Gasteiger partial charge is 0.504 e. The van der Waals surface area contributed by atoms with Crippen LogP contribution in [0.3, 0.4) is 0 Å². The topological polar surface area (TPSA) is 169 Å². The summed E-state index contributed by atoms with van der Waals surface area (Å²) in [6, 6.07) is 4.03. The van der Waals surface area contributed by atoms with Crippen LogP contribution >= 0.6 is 0 Å². The Morgan fingerprint density at radius 3 is 2.42 bits per heavy atom. The fourth-order valence-corrected chi connectivity index (χ4v) is 2.59. The van der Waals surface area contributed by atoms with Crippen molar-refractivity contribution in [3.8, 4) is 11.5 Å². The van der Waals surface area contributed by atoms with Crippen LogP contribution < -0.4 is 4.74 Å². The summed E-state index contributed by atoms with van der Waals surface area (Å²) in [6.45, 7) is -1.09. The van der Waals surface area contributed by atoms with E-state index >= 15 is 0 Å². The molecule has 148 valence electrons. The van der Waals surface area contributed by atoms with Crippen LogP contribution in [0.2, 0.25) is 0 Å². The van der Waals surface area contributed by atoms with Gasteiger partial charge in [0.05, 0.1) is 20.3 Å². The third kappa shape index (κ3) is 4.42. The minimum atomic E-state index is -1.61. The van der Waals surface area contributed by atoms with Gasteiger partial charge in [-0.1, -0.05) is 6.07 Å². The number of hydrogen-bond donors (Lipinski definition) is 7. The molecule has 0 bridgehead atoms. The zero-order valence-electron chi connectivity index (χ0n) is 14.0. The van der Waals surface area contributed by atoms with E-state index in [1.54, 1.807) is 0 Å². The number of aromatic hydroxyl groups is 1. The van der Waals surface area contributed by atoms with E-state index in [1.807, 2.05) is 0 Å². The zero-order valence-corrected chi connectivity index (χ0v) is 14.0. The van der Waals surface area contributed by atoms with Crippen molar-refractivity contribution in [3.63, 3.8) is 0 Å². The van der Waals surface area contributed by atoms with E-state index in [0.717, 1.165) is 0 Å². The predicted molar refractivity (Wildman–Crippen MR) is 85.3 cm³/mol. The highest BCUT2D eigenvalue weighted by Crippen LogP contribution is 2.30. The Labute approximate surface area is 149 Å². The van der Waals surface area contributed by atoms with Crippen LogP contribution in [0.4, 0.5) is 0 Å². The number of ether oxygens (including phenoxy) is 3. The molecule has 0 saturated carbocycles. The van der Waals surface area contributed by atoms with E-state index in [-0.39, 0.29) is 17.1 Å². The molecule has 0 radical (unpaired) electrons. The second-order valence-electron chi connectivity index (χ2n) is 5.97. The van der Waals surface area contributed by atoms with Gasteiger partial charge in [-0.15, -0.1) is 0 Å². The first-order valence-electron chi connectivity index (χ1n) is 7.95. The lowest BCUT2D eigenvalue weighted by atomic mass is 9.99. The van der Waals surface area contributed by atoms with E-state index in [2.05, 4.69) is 0 Å². The smallest absolute Gasteiger partial charge is 0.186 e. The number of phenolic OH excluding ortho intramolecular Hbond substituents is 1. The van der Waals surface area contributed by atoms with Crippen molar-refractivity contribution in [1.29, 1.82) is 0 Å². The molecule has 2 rings (SSSR count). The minimum Gasteiger partial charge on any atom is -0.504 e. The van der Waals surface area contributed by atoms with Gasteiger partial charge in [-0.3, -0.25) is 0 Å². The maximum absolute atomic E-state index is 10.2. The van der Waals surface area contributed by atoms with E-state index in [0.29, 0.717) is 0 Å². The molecule has 0 spiro atoms. The van der Waals surface area contributed by atoms with Crippen LogP contribution in [0.15, 0.2) is 18.2 Å². The first kappa shape index (κ1) is 20.8. The molecule has 1 saturated heterocycles. The van der Waals surface area contributed by atoms with Crippen LogP contribution in [0.1, 0.15) is 11.7 Å². The predicted octanol–water partition coefficient (Wildman–Crippen LogP) is -2.39. The first-order chi connectivity index (χ1) is 12.3. The Kier molecular flexibility index (Phi) is 7.15. The van der Waals surface area contributed by atoms with Crippen molar-refractivity contribution in [2.24, 2.45) is 0 Å². The maximum Gasteiger partial charge on any atom is 0.186 e. The van der Waals surface area contributed by atoms with Gasteiger partial charge < -0.3 is 50.0 Å². The molecule has 26 heavy (non-hydrogen) atoms. The number of benzene rings is 1. The lowest BCUT2D eigenvalue weighted by Crippen LogP contribution is -2.59. The molecule has 1 aromatic carbocycles. The molecule has 10 nitrogen and oxygen atoms in total. The summed E-state index contributed by atoms with van der Waals surface area (Å²) in [6.07, 6.45) is -10.1. The number of rotatable bonds is 7. The minimum absolute atomic E-state index is 0.114. The van der Waals surface area contributed by atoms with E-state index < -0.39 is 56.1 Å². The molecular weight excluding hydrogens is 352 g/mol. The molecule has 0 unspecified atom stereocenters. The summed E-state index contributed by atoms with van der Waals surface area (Å²) in [4.78, 5) is 0. The Bertz CT molecular complexity index is 580. The third-order valence-corrected chi connectivity index (χ3v) is 4.19. The van der Waals surface area contributed by atoms with Crippen LogP contribution in [0.25, 0.3) is 0 Å². The second kappa shape index (κ2) is 8.93. The van der Waals surface area contributed by atoms with Crippen LogP contribution in [0, 0.1) is 0 Å². The van der Waals surface area contributed by atoms with Crippen molar-refractivity contribution >= 4 is 0 Å². The van der Waals surface area contributed by atoms with E-state index in [4.69, 9.17) is 19.3 Å². The number of aliphatic hydroxyl groups excluding tert-OH is 6. The number of phenols is 1. The SMILES string of the molecule is COc1cc([C@H](O)[C@H](O)CO[C@@H]2O[C@H](CO)[C@@H](O)[C@H](O)[C@H]2O)ccc1O. The van der Waals surface area contributed by atoms with Crippen LogP contribution in [-0.2, 0) is 9.47 Å². The Morgan fingerprint density at radius 2 is 1.81 bits per heavy atom. The Morgan fingerprint density at radius 1 is 1.12 bits per heavy atom. The van der Waals surface area contributed by atoms with Gasteiger partial charge in [0.1, 0.15) is 36.6 Å². The molecule has 7 N–H and O–H groups in total. The summed E-state index contributed by atoms with van der Waals surface area (Å²) in [7, 11) is 1.34. The van der Waals surface area contributed by atoms with E-state index in [1.165, 1.54) is 25.3 Å². The first-order valence-corrected chi connectivity index (χ1v) is 7.95. The standard InChI is InChI=1S/C16H24O10/c1-24-10-4-7(2-3-8(10)18)12(20)9(19)6-25-16-15(23)14(22)13(21)11(5-17)26-16/h2-4,9,11-23H,5-6H2,1H3/t9-,11-,12+,13-,14+,15-,16-/m1/s1. The molecule has 1 aliphatic rings. The fraction of sp³-hybridized carbons (Fsp3) is 0.625. The summed E-state index contributed by atoms with van der Waals surface area (Å²) in [5.41, 5.74) is 0.254. The molecule has 10 heteroatoms. The van der Waals surface area contributed by atoms with E-state index in [9.17, 15) is 30.6 Å². The van der Waals surface area contributed by atoms with Gasteiger partial charge in [-0.05, 0) is 17.7 Å². The molecule has 1 aliphatic heterocycles. The molecule has 1 aromatic rings. The van der Waals surface area contributed by atoms with Gasteiger partial charge in [0.25, 0.3) is 0 Å². The average Bonchev–Trinajstić information content (AvgIpc) is 2.65. The number of aliphatic hydroxyl groups is 6. The second-order valence-corrected chi connectivity index (χ2v) is 5.97. The average molecular weight is 376 g/mol. The Hall–Kier alpha value is -1.50. The molecule has 1 fully saturated rings. The van der Waals surface area contributed by atoms with Crippen molar-refractivity contribution in [1.82, 2.24) is 0 Å². The highest BCUT2D eigenvalue weighted by Gasteiger charge is 2.44. The molecule has 1 heterocycles. The van der Waals surface area contributed by atoms with Crippen molar-refractivity contribution in [2.75, 3.05) is 20.3 Å². The zero-order chi connectivity index (χ0) is 19.4. The van der Waals surface area contributed by atoms with Gasteiger partial charge in [-0.25, -0.2) is 0 Å². The molecular formula is C16H24O10. The van der Waals surface area contributed by atoms with Crippen molar-refractivity contribution in [2.45, 2.75) is 42.9 Å². The van der Waals surface area contributed by atoms with Crippen molar-refractivity contribution in [3.05, 3.63) is 23.8 Å². The summed E-state index contributed by atoms with van der Waals surface area (Å²) in [5, 5.41) is 68.2. The number of hydrogen-bond acceptors (Lipinski definition) is 10. The van der Waals surface area contributed by atoms with Crippen LogP contribution in [-0.4, -0.2) is 92.9 Å². The molecule has 7 atom stereocenters. The quantitative estimate of drug-likeness (QED) is 0.272. The van der Waals surface area contributed by atoms with Gasteiger partial charge in [0, 0.05) is 0 Å². The maximum atomic E-state index is 10.2. The van der Waals surface area contributed by atoms with Gasteiger partial charge >= 0.3 is 0 Å². The highest BCUT2D eigenvalue weighted by molar-refractivity contribution is 5.42. The van der Waals surface area contributed by atoms with Gasteiger partial charge in [-0.2, -0.15) is 0 Å². The summed E-state index contributed by atoms with van der Waals surface area (Å²) < 4.78 is 15.3. The third-order valence-electron chi connectivity index (χ3n) is 4.19. The summed E-state index contributed by atoms with van der Waals surface area (Å²) in [5.74, 6) is -0.0147. The van der Waals surface area contributed by atoms with Crippen LogP contribution in [0.5, 0.6) is 11.5 Å². The fourth-order valence-electron chi connectivity index (χ4n) is 2.59. The monoisotopic (exact) mass is 376 g/mol. The van der Waals surface area contributed by atoms with Crippen molar-refractivity contribution < 1.29 is 50.0 Å². The number of methoxy groups -OCH3 is 1. The summed E-state index contributed by atoms with van der Waals surface area (Å²) >= 11 is 0. The molecule has 0 aromatic heterocycles. The lowest BCUT2D eigenvalue weighted by Gasteiger charge is -2.39.